The standard InChI is InChI=1S/C14H19F2N3O3/c1-18-8-10(7-17-18)11-9-19(5-6-22-11)12(20)14(15,16)13(21)3-2-4-13/h7-8,11,21H,2-6,9H2,1H3. The Morgan fingerprint density at radius 3 is 2.82 bits per heavy atom. The second-order valence-electron chi connectivity index (χ2n) is 6.02. The van der Waals surface area contributed by atoms with E-state index >= 15 is 0 Å². The van der Waals surface area contributed by atoms with Crippen molar-refractivity contribution in [1.29, 1.82) is 0 Å². The van der Waals surface area contributed by atoms with Gasteiger partial charge in [-0.15, -0.1) is 0 Å². The second-order valence-corrected chi connectivity index (χ2v) is 6.02. The van der Waals surface area contributed by atoms with Crippen LogP contribution >= 0.6 is 0 Å². The predicted molar refractivity (Wildman–Crippen MR) is 72.2 cm³/mol. The molecule has 1 amide bonds. The van der Waals surface area contributed by atoms with Gasteiger partial charge in [0.2, 0.25) is 0 Å². The summed E-state index contributed by atoms with van der Waals surface area (Å²) in [5, 5.41) is 13.9. The number of nitrogens with zero attached hydrogens (tertiary/aromatic N) is 3. The smallest absolute Gasteiger partial charge is 0.352 e. The first kappa shape index (κ1) is 15.4. The van der Waals surface area contributed by atoms with Gasteiger partial charge in [-0.3, -0.25) is 9.48 Å². The molecule has 2 fully saturated rings. The van der Waals surface area contributed by atoms with E-state index in [1.807, 2.05) is 0 Å². The Hall–Kier alpha value is -1.54. The molecular formula is C14H19F2N3O3. The average molecular weight is 315 g/mol. The van der Waals surface area contributed by atoms with E-state index < -0.39 is 23.5 Å². The zero-order valence-corrected chi connectivity index (χ0v) is 12.3. The third-order valence-electron chi connectivity index (χ3n) is 4.48. The van der Waals surface area contributed by atoms with E-state index in [-0.39, 0.29) is 32.5 Å². The molecule has 2 aliphatic rings. The molecule has 1 N–H and O–H groups in total. The van der Waals surface area contributed by atoms with Crippen molar-refractivity contribution in [2.45, 2.75) is 36.9 Å². The third kappa shape index (κ3) is 2.40. The summed E-state index contributed by atoms with van der Waals surface area (Å²) in [6, 6.07) is 0. The van der Waals surface area contributed by atoms with E-state index in [0.29, 0.717) is 6.42 Å². The molecule has 1 aliphatic heterocycles. The van der Waals surface area contributed by atoms with E-state index in [0.717, 1.165) is 10.5 Å². The summed E-state index contributed by atoms with van der Waals surface area (Å²) < 4.78 is 35.7. The molecule has 22 heavy (non-hydrogen) atoms. The maximum absolute atomic E-state index is 14.3. The minimum Gasteiger partial charge on any atom is -0.383 e. The molecule has 2 heterocycles. The lowest BCUT2D eigenvalue weighted by atomic mass is 9.75. The quantitative estimate of drug-likeness (QED) is 0.899. The van der Waals surface area contributed by atoms with Crippen LogP contribution in [-0.4, -0.2) is 56.9 Å². The number of hydrogen-bond donors (Lipinski definition) is 1. The van der Waals surface area contributed by atoms with Gasteiger partial charge in [0.1, 0.15) is 11.7 Å². The van der Waals surface area contributed by atoms with Crippen LogP contribution in [0.5, 0.6) is 0 Å². The first-order chi connectivity index (χ1) is 10.3. The zero-order valence-electron chi connectivity index (χ0n) is 12.3. The number of alkyl halides is 2. The maximum Gasteiger partial charge on any atom is 0.352 e. The Bertz CT molecular complexity index is 571. The number of ether oxygens (including phenoxy) is 1. The van der Waals surface area contributed by atoms with Crippen molar-refractivity contribution in [3.63, 3.8) is 0 Å². The van der Waals surface area contributed by atoms with Gasteiger partial charge in [-0.2, -0.15) is 13.9 Å². The summed E-state index contributed by atoms with van der Waals surface area (Å²) in [5.74, 6) is -5.06. The predicted octanol–water partition coefficient (Wildman–Crippen LogP) is 0.870. The molecule has 6 nitrogen and oxygen atoms in total. The van der Waals surface area contributed by atoms with Crippen LogP contribution in [-0.2, 0) is 16.6 Å². The maximum atomic E-state index is 14.3. The number of rotatable bonds is 3. The van der Waals surface area contributed by atoms with Gasteiger partial charge < -0.3 is 14.7 Å². The molecule has 1 aromatic heterocycles. The zero-order chi connectivity index (χ0) is 16.0. The van der Waals surface area contributed by atoms with Crippen molar-refractivity contribution in [2.75, 3.05) is 19.7 Å². The van der Waals surface area contributed by atoms with Crippen molar-refractivity contribution in [2.24, 2.45) is 7.05 Å². The fraction of sp³-hybridized carbons (Fsp3) is 0.714. The Morgan fingerprint density at radius 2 is 2.27 bits per heavy atom. The van der Waals surface area contributed by atoms with E-state index in [4.69, 9.17) is 4.74 Å². The van der Waals surface area contributed by atoms with Crippen molar-refractivity contribution in [3.05, 3.63) is 18.0 Å². The van der Waals surface area contributed by atoms with Crippen LogP contribution < -0.4 is 0 Å². The lowest BCUT2D eigenvalue weighted by Crippen LogP contribution is -2.62. The van der Waals surface area contributed by atoms with Crippen LogP contribution in [0.1, 0.15) is 30.9 Å². The SMILES string of the molecule is Cn1cc(C2CN(C(=O)C(F)(F)C3(O)CCC3)CCO2)cn1. The molecule has 0 bridgehead atoms. The number of amides is 1. The van der Waals surface area contributed by atoms with Gasteiger partial charge >= 0.3 is 5.92 Å². The molecule has 0 radical (unpaired) electrons. The summed E-state index contributed by atoms with van der Waals surface area (Å²) in [5.41, 5.74) is -1.45. The highest BCUT2D eigenvalue weighted by atomic mass is 19.3. The van der Waals surface area contributed by atoms with E-state index in [1.165, 1.54) is 0 Å². The fourth-order valence-electron chi connectivity index (χ4n) is 2.87. The lowest BCUT2D eigenvalue weighted by Gasteiger charge is -2.44. The number of aryl methyl sites for hydroxylation is 1. The Kier molecular flexibility index (Phi) is 3.68. The third-order valence-corrected chi connectivity index (χ3v) is 4.48. The van der Waals surface area contributed by atoms with Crippen LogP contribution in [0.25, 0.3) is 0 Å². The number of aromatic nitrogens is 2. The first-order valence-electron chi connectivity index (χ1n) is 7.33. The van der Waals surface area contributed by atoms with E-state index in [2.05, 4.69) is 5.10 Å². The molecule has 122 valence electrons. The Balaban J connectivity index is 1.73. The fourth-order valence-corrected chi connectivity index (χ4v) is 2.87. The van der Waals surface area contributed by atoms with Crippen molar-refractivity contribution in [1.82, 2.24) is 14.7 Å². The highest BCUT2D eigenvalue weighted by molar-refractivity contribution is 5.85. The highest BCUT2D eigenvalue weighted by Crippen LogP contribution is 2.45. The van der Waals surface area contributed by atoms with Crippen molar-refractivity contribution in [3.8, 4) is 0 Å². The number of carbonyl (C=O) groups excluding carboxylic acids is 1. The van der Waals surface area contributed by atoms with Gasteiger partial charge in [0.05, 0.1) is 19.3 Å². The van der Waals surface area contributed by atoms with Gasteiger partial charge in [0.15, 0.2) is 0 Å². The van der Waals surface area contributed by atoms with Gasteiger partial charge in [-0.05, 0) is 19.3 Å². The van der Waals surface area contributed by atoms with Crippen LogP contribution in [0.2, 0.25) is 0 Å². The molecule has 1 saturated heterocycles. The van der Waals surface area contributed by atoms with Crippen molar-refractivity contribution >= 4 is 5.91 Å². The van der Waals surface area contributed by atoms with Crippen LogP contribution in [0.4, 0.5) is 8.78 Å². The molecule has 1 atom stereocenters. The summed E-state index contributed by atoms with van der Waals surface area (Å²) >= 11 is 0. The number of carbonyl (C=O) groups is 1. The summed E-state index contributed by atoms with van der Waals surface area (Å²) in [6.07, 6.45) is 3.29. The first-order valence-corrected chi connectivity index (χ1v) is 7.33. The Morgan fingerprint density at radius 1 is 1.55 bits per heavy atom. The highest BCUT2D eigenvalue weighted by Gasteiger charge is 2.62. The van der Waals surface area contributed by atoms with Crippen LogP contribution in [0, 0.1) is 0 Å². The largest absolute Gasteiger partial charge is 0.383 e. The molecular weight excluding hydrogens is 296 g/mol. The molecule has 0 spiro atoms. The molecule has 8 heteroatoms. The van der Waals surface area contributed by atoms with Gasteiger partial charge in [-0.25, -0.2) is 0 Å². The number of halogens is 2. The van der Waals surface area contributed by atoms with E-state index in [1.54, 1.807) is 24.1 Å². The van der Waals surface area contributed by atoms with Crippen molar-refractivity contribution < 1.29 is 23.4 Å². The normalized spacial score (nSPS) is 24.9. The molecule has 1 unspecified atom stereocenters. The molecule has 1 aliphatic carbocycles. The molecule has 3 rings (SSSR count). The summed E-state index contributed by atoms with van der Waals surface area (Å²) in [7, 11) is 1.75. The molecule has 1 aromatic rings. The Labute approximate surface area is 126 Å². The molecule has 0 aromatic carbocycles. The number of morpholine rings is 1. The van der Waals surface area contributed by atoms with Gasteiger partial charge in [0.25, 0.3) is 5.91 Å². The van der Waals surface area contributed by atoms with E-state index in [9.17, 15) is 18.7 Å². The summed E-state index contributed by atoms with van der Waals surface area (Å²) in [6.45, 7) is 0.317. The monoisotopic (exact) mass is 315 g/mol. The second kappa shape index (κ2) is 5.27. The van der Waals surface area contributed by atoms with Crippen LogP contribution in [0.15, 0.2) is 12.4 Å². The number of aliphatic hydroxyl groups is 1. The number of hydrogen-bond acceptors (Lipinski definition) is 4. The topological polar surface area (TPSA) is 67.6 Å². The summed E-state index contributed by atoms with van der Waals surface area (Å²) in [4.78, 5) is 13.3. The average Bonchev–Trinajstić information content (AvgIpc) is 2.90. The van der Waals surface area contributed by atoms with Gasteiger partial charge in [0, 0.05) is 25.4 Å². The van der Waals surface area contributed by atoms with Crippen LogP contribution in [0.3, 0.4) is 0 Å². The minimum absolute atomic E-state index is 0.0379. The minimum atomic E-state index is -3.75. The lowest BCUT2D eigenvalue weighted by molar-refractivity contribution is -0.226. The molecule has 1 saturated carbocycles. The van der Waals surface area contributed by atoms with Gasteiger partial charge in [-0.1, -0.05) is 0 Å².